The van der Waals surface area contributed by atoms with Gasteiger partial charge in [-0.05, 0) is 37.1 Å². The molecule has 1 aromatic heterocycles. The molecule has 5 nitrogen and oxygen atoms in total. The average molecular weight is 351 g/mol. The standard InChI is InChI=1S/C21H25N3O2/c25-21(24-12-4-5-13-24)17-8-9-20(22-16-17)23-14-10-19(11-15-23)26-18-6-2-1-3-7-18/h1-3,6-9,16,19H,4-5,10-15H2. The number of benzene rings is 1. The zero-order chi connectivity index (χ0) is 17.8. The highest BCUT2D eigenvalue weighted by molar-refractivity contribution is 5.94. The average Bonchev–Trinajstić information content (AvgIpc) is 3.24. The Labute approximate surface area is 154 Å². The van der Waals surface area contributed by atoms with E-state index in [4.69, 9.17) is 4.74 Å². The molecule has 0 atom stereocenters. The number of aromatic nitrogens is 1. The van der Waals surface area contributed by atoms with Crippen molar-refractivity contribution >= 4 is 11.7 Å². The summed E-state index contributed by atoms with van der Waals surface area (Å²) < 4.78 is 6.05. The van der Waals surface area contributed by atoms with Crippen molar-refractivity contribution in [3.63, 3.8) is 0 Å². The number of rotatable bonds is 4. The van der Waals surface area contributed by atoms with Crippen LogP contribution in [0.2, 0.25) is 0 Å². The van der Waals surface area contributed by atoms with Crippen LogP contribution >= 0.6 is 0 Å². The normalized spacial score (nSPS) is 18.2. The van der Waals surface area contributed by atoms with Crippen LogP contribution in [0.1, 0.15) is 36.0 Å². The zero-order valence-electron chi connectivity index (χ0n) is 15.0. The molecule has 0 saturated carbocycles. The lowest BCUT2D eigenvalue weighted by molar-refractivity contribution is 0.0792. The molecule has 0 aliphatic carbocycles. The van der Waals surface area contributed by atoms with Gasteiger partial charge in [-0.25, -0.2) is 4.98 Å². The number of anilines is 1. The molecule has 136 valence electrons. The summed E-state index contributed by atoms with van der Waals surface area (Å²) in [7, 11) is 0. The Kier molecular flexibility index (Phi) is 5.04. The van der Waals surface area contributed by atoms with Crippen LogP contribution in [0.5, 0.6) is 5.75 Å². The summed E-state index contributed by atoms with van der Waals surface area (Å²) in [5.74, 6) is 1.99. The molecule has 0 unspecified atom stereocenters. The van der Waals surface area contributed by atoms with Crippen LogP contribution in [0.25, 0.3) is 0 Å². The lowest BCUT2D eigenvalue weighted by atomic mass is 10.1. The highest BCUT2D eigenvalue weighted by Gasteiger charge is 2.23. The highest BCUT2D eigenvalue weighted by atomic mass is 16.5. The van der Waals surface area contributed by atoms with Crippen LogP contribution in [0, 0.1) is 0 Å². The molecule has 0 spiro atoms. The summed E-state index contributed by atoms with van der Waals surface area (Å²) >= 11 is 0. The third-order valence-electron chi connectivity index (χ3n) is 5.20. The molecule has 2 aliphatic heterocycles. The minimum absolute atomic E-state index is 0.108. The van der Waals surface area contributed by atoms with Crippen molar-refractivity contribution in [2.45, 2.75) is 31.8 Å². The topological polar surface area (TPSA) is 45.7 Å². The van der Waals surface area contributed by atoms with E-state index in [1.54, 1.807) is 6.20 Å². The fourth-order valence-corrected chi connectivity index (χ4v) is 3.70. The minimum atomic E-state index is 0.108. The number of hydrogen-bond acceptors (Lipinski definition) is 4. The van der Waals surface area contributed by atoms with Crippen molar-refractivity contribution in [1.82, 2.24) is 9.88 Å². The van der Waals surface area contributed by atoms with E-state index in [1.807, 2.05) is 47.4 Å². The number of carbonyl (C=O) groups excluding carboxylic acids is 1. The monoisotopic (exact) mass is 351 g/mol. The first kappa shape index (κ1) is 16.9. The molecule has 0 N–H and O–H groups in total. The quantitative estimate of drug-likeness (QED) is 0.847. The first-order valence-electron chi connectivity index (χ1n) is 9.51. The molecule has 5 heteroatoms. The molecule has 2 fully saturated rings. The van der Waals surface area contributed by atoms with Crippen molar-refractivity contribution < 1.29 is 9.53 Å². The van der Waals surface area contributed by atoms with Gasteiger partial charge in [0.05, 0.1) is 5.56 Å². The van der Waals surface area contributed by atoms with Gasteiger partial charge >= 0.3 is 0 Å². The van der Waals surface area contributed by atoms with E-state index >= 15 is 0 Å². The van der Waals surface area contributed by atoms with Gasteiger partial charge < -0.3 is 14.5 Å². The Morgan fingerprint density at radius 1 is 0.962 bits per heavy atom. The van der Waals surface area contributed by atoms with Gasteiger partial charge in [-0.3, -0.25) is 4.79 Å². The Morgan fingerprint density at radius 3 is 2.35 bits per heavy atom. The van der Waals surface area contributed by atoms with Crippen LogP contribution in [0.4, 0.5) is 5.82 Å². The van der Waals surface area contributed by atoms with Crippen molar-refractivity contribution in [2.24, 2.45) is 0 Å². The van der Waals surface area contributed by atoms with E-state index in [2.05, 4.69) is 9.88 Å². The maximum atomic E-state index is 12.4. The number of carbonyl (C=O) groups is 1. The molecule has 26 heavy (non-hydrogen) atoms. The summed E-state index contributed by atoms with van der Waals surface area (Å²) in [4.78, 5) is 21.1. The number of hydrogen-bond donors (Lipinski definition) is 0. The number of ether oxygens (including phenoxy) is 1. The minimum Gasteiger partial charge on any atom is -0.490 e. The van der Waals surface area contributed by atoms with Gasteiger partial charge in [0.1, 0.15) is 17.7 Å². The van der Waals surface area contributed by atoms with Gasteiger partial charge in [-0.2, -0.15) is 0 Å². The predicted octanol–water partition coefficient (Wildman–Crippen LogP) is 3.37. The second kappa shape index (κ2) is 7.77. The van der Waals surface area contributed by atoms with Crippen LogP contribution in [0.15, 0.2) is 48.7 Å². The Balaban J connectivity index is 1.32. The molecule has 0 radical (unpaired) electrons. The zero-order valence-corrected chi connectivity index (χ0v) is 15.0. The molecule has 2 aliphatic rings. The van der Waals surface area contributed by atoms with E-state index in [1.165, 1.54) is 0 Å². The molecule has 4 rings (SSSR count). The van der Waals surface area contributed by atoms with E-state index in [0.717, 1.165) is 63.4 Å². The number of likely N-dealkylation sites (tertiary alicyclic amines) is 1. The van der Waals surface area contributed by atoms with Crippen molar-refractivity contribution in [1.29, 1.82) is 0 Å². The van der Waals surface area contributed by atoms with E-state index in [-0.39, 0.29) is 12.0 Å². The van der Waals surface area contributed by atoms with Crippen LogP contribution in [0.3, 0.4) is 0 Å². The Hall–Kier alpha value is -2.56. The molecule has 1 amide bonds. The van der Waals surface area contributed by atoms with Crippen LogP contribution in [-0.2, 0) is 0 Å². The number of nitrogens with zero attached hydrogens (tertiary/aromatic N) is 3. The fraction of sp³-hybridized carbons (Fsp3) is 0.429. The second-order valence-electron chi connectivity index (χ2n) is 7.02. The van der Waals surface area contributed by atoms with Gasteiger partial charge in [0.2, 0.25) is 0 Å². The maximum Gasteiger partial charge on any atom is 0.255 e. The van der Waals surface area contributed by atoms with Gasteiger partial charge in [0.25, 0.3) is 5.91 Å². The highest BCUT2D eigenvalue weighted by Crippen LogP contribution is 2.22. The fourth-order valence-electron chi connectivity index (χ4n) is 3.70. The molecule has 2 saturated heterocycles. The number of piperidine rings is 1. The smallest absolute Gasteiger partial charge is 0.255 e. The number of amides is 1. The van der Waals surface area contributed by atoms with Crippen molar-refractivity contribution in [3.05, 3.63) is 54.2 Å². The number of para-hydroxylation sites is 1. The summed E-state index contributed by atoms with van der Waals surface area (Å²) in [6, 6.07) is 13.9. The third kappa shape index (κ3) is 3.82. The largest absolute Gasteiger partial charge is 0.490 e. The second-order valence-corrected chi connectivity index (χ2v) is 7.02. The van der Waals surface area contributed by atoms with Crippen LogP contribution in [-0.4, -0.2) is 48.1 Å². The molecule has 3 heterocycles. The summed E-state index contributed by atoms with van der Waals surface area (Å²) in [5, 5.41) is 0. The maximum absolute atomic E-state index is 12.4. The summed E-state index contributed by atoms with van der Waals surface area (Å²) in [5.41, 5.74) is 0.693. The lowest BCUT2D eigenvalue weighted by Crippen LogP contribution is -2.38. The van der Waals surface area contributed by atoms with Crippen molar-refractivity contribution in [2.75, 3.05) is 31.1 Å². The first-order chi connectivity index (χ1) is 12.8. The van der Waals surface area contributed by atoms with Gasteiger partial charge in [-0.15, -0.1) is 0 Å². The van der Waals surface area contributed by atoms with Crippen LogP contribution < -0.4 is 9.64 Å². The predicted molar refractivity (Wildman–Crippen MR) is 102 cm³/mol. The van der Waals surface area contributed by atoms with E-state index in [9.17, 15) is 4.79 Å². The van der Waals surface area contributed by atoms with Gasteiger partial charge in [-0.1, -0.05) is 18.2 Å². The summed E-state index contributed by atoms with van der Waals surface area (Å²) in [6.45, 7) is 3.58. The molecule has 1 aromatic carbocycles. The molecule has 0 bridgehead atoms. The SMILES string of the molecule is O=C(c1ccc(N2CCC(Oc3ccccc3)CC2)nc1)N1CCCC1. The third-order valence-corrected chi connectivity index (χ3v) is 5.20. The van der Waals surface area contributed by atoms with E-state index in [0.29, 0.717) is 5.56 Å². The molecule has 2 aromatic rings. The number of pyridine rings is 1. The first-order valence-corrected chi connectivity index (χ1v) is 9.51. The van der Waals surface area contributed by atoms with Gasteiger partial charge in [0.15, 0.2) is 0 Å². The Bertz CT molecular complexity index is 719. The molecular weight excluding hydrogens is 326 g/mol. The van der Waals surface area contributed by atoms with Gasteiger partial charge in [0, 0.05) is 45.2 Å². The summed E-state index contributed by atoms with van der Waals surface area (Å²) in [6.07, 6.45) is 6.15. The molecular formula is C21H25N3O2. The van der Waals surface area contributed by atoms with Crippen molar-refractivity contribution in [3.8, 4) is 5.75 Å². The van der Waals surface area contributed by atoms with E-state index < -0.39 is 0 Å². The Morgan fingerprint density at radius 2 is 1.69 bits per heavy atom. The lowest BCUT2D eigenvalue weighted by Gasteiger charge is -2.33.